The molecule has 0 amide bonds. The lowest BCUT2D eigenvalue weighted by atomic mass is 10.1. The molecule has 0 saturated carbocycles. The summed E-state index contributed by atoms with van der Waals surface area (Å²) in [6.07, 6.45) is 5.71. The maximum Gasteiger partial charge on any atom is 0.122 e. The molecule has 20 heavy (non-hydrogen) atoms. The van der Waals surface area contributed by atoms with E-state index in [1.165, 1.54) is 10.9 Å². The molecule has 0 bridgehead atoms. The molecule has 1 aromatic carbocycles. The Kier molecular flexibility index (Phi) is 3.74. The van der Waals surface area contributed by atoms with E-state index in [4.69, 9.17) is 0 Å². The Morgan fingerprint density at radius 3 is 3.00 bits per heavy atom. The average molecular weight is 266 g/mol. The van der Waals surface area contributed by atoms with Crippen LogP contribution in [0.15, 0.2) is 48.9 Å². The highest BCUT2D eigenvalue weighted by molar-refractivity contribution is 5.78. The molecule has 4 nitrogen and oxygen atoms in total. The standard InChI is InChI=1S/C16H18N4/c1-2-17-11-16-19-8-9-20(16)12-13-5-6-15-14(10-13)4-3-7-18-15/h3-10,17H,2,11-12H2,1H3. The van der Waals surface area contributed by atoms with Gasteiger partial charge in [-0.05, 0) is 30.3 Å². The molecule has 0 aliphatic rings. The second-order valence-electron chi connectivity index (χ2n) is 4.78. The Bertz CT molecular complexity index is 702. The van der Waals surface area contributed by atoms with Crippen LogP contribution in [0.5, 0.6) is 0 Å². The third-order valence-electron chi connectivity index (χ3n) is 3.36. The van der Waals surface area contributed by atoms with E-state index < -0.39 is 0 Å². The maximum absolute atomic E-state index is 4.40. The van der Waals surface area contributed by atoms with Crippen LogP contribution in [0.3, 0.4) is 0 Å². The fourth-order valence-electron chi connectivity index (χ4n) is 2.31. The van der Waals surface area contributed by atoms with Gasteiger partial charge in [-0.1, -0.05) is 19.1 Å². The maximum atomic E-state index is 4.40. The third kappa shape index (κ3) is 2.70. The number of fused-ring (bicyclic) bond motifs is 1. The van der Waals surface area contributed by atoms with E-state index in [1.807, 2.05) is 24.7 Å². The van der Waals surface area contributed by atoms with Gasteiger partial charge in [0.15, 0.2) is 0 Å². The molecule has 0 unspecified atom stereocenters. The number of aromatic nitrogens is 3. The van der Waals surface area contributed by atoms with Crippen molar-refractivity contribution in [2.75, 3.05) is 6.54 Å². The van der Waals surface area contributed by atoms with Crippen LogP contribution in [0.2, 0.25) is 0 Å². The normalized spacial score (nSPS) is 11.1. The van der Waals surface area contributed by atoms with E-state index in [-0.39, 0.29) is 0 Å². The average Bonchev–Trinajstić information content (AvgIpc) is 2.92. The molecule has 0 spiro atoms. The summed E-state index contributed by atoms with van der Waals surface area (Å²) in [5.74, 6) is 1.07. The number of nitrogens with one attached hydrogen (secondary N) is 1. The van der Waals surface area contributed by atoms with Gasteiger partial charge < -0.3 is 9.88 Å². The quantitative estimate of drug-likeness (QED) is 0.772. The molecule has 102 valence electrons. The largest absolute Gasteiger partial charge is 0.329 e. The molecule has 2 heterocycles. The molecule has 0 fully saturated rings. The van der Waals surface area contributed by atoms with Gasteiger partial charge in [-0.25, -0.2) is 4.98 Å². The Morgan fingerprint density at radius 1 is 1.15 bits per heavy atom. The van der Waals surface area contributed by atoms with Gasteiger partial charge in [-0.3, -0.25) is 4.98 Å². The zero-order valence-electron chi connectivity index (χ0n) is 11.6. The molecular weight excluding hydrogens is 248 g/mol. The van der Waals surface area contributed by atoms with Crippen molar-refractivity contribution in [2.24, 2.45) is 0 Å². The van der Waals surface area contributed by atoms with Gasteiger partial charge in [0.1, 0.15) is 5.82 Å². The van der Waals surface area contributed by atoms with Gasteiger partial charge in [-0.15, -0.1) is 0 Å². The first-order valence-corrected chi connectivity index (χ1v) is 6.91. The van der Waals surface area contributed by atoms with Crippen LogP contribution < -0.4 is 5.32 Å². The summed E-state index contributed by atoms with van der Waals surface area (Å²) < 4.78 is 2.18. The molecule has 0 aliphatic carbocycles. The van der Waals surface area contributed by atoms with Crippen LogP contribution in [-0.2, 0) is 13.1 Å². The highest BCUT2D eigenvalue weighted by Gasteiger charge is 2.03. The van der Waals surface area contributed by atoms with Crippen molar-refractivity contribution in [1.29, 1.82) is 0 Å². The summed E-state index contributed by atoms with van der Waals surface area (Å²) in [6, 6.07) is 10.5. The van der Waals surface area contributed by atoms with Crippen molar-refractivity contribution in [3.8, 4) is 0 Å². The second kappa shape index (κ2) is 5.84. The summed E-state index contributed by atoms with van der Waals surface area (Å²) in [5, 5.41) is 4.49. The molecule has 0 atom stereocenters. The summed E-state index contributed by atoms with van der Waals surface area (Å²) >= 11 is 0. The number of rotatable bonds is 5. The van der Waals surface area contributed by atoms with Crippen molar-refractivity contribution < 1.29 is 0 Å². The molecule has 3 rings (SSSR count). The van der Waals surface area contributed by atoms with Crippen molar-refractivity contribution in [3.63, 3.8) is 0 Å². The van der Waals surface area contributed by atoms with Crippen LogP contribution in [0.25, 0.3) is 10.9 Å². The SMILES string of the molecule is CCNCc1nccn1Cc1ccc2ncccc2c1. The smallest absolute Gasteiger partial charge is 0.122 e. The Hall–Kier alpha value is -2.20. The molecule has 4 heteroatoms. The third-order valence-corrected chi connectivity index (χ3v) is 3.36. The molecule has 0 aliphatic heterocycles. The minimum atomic E-state index is 0.804. The molecule has 0 saturated heterocycles. The minimum absolute atomic E-state index is 0.804. The Labute approximate surface area is 118 Å². The number of benzene rings is 1. The highest BCUT2D eigenvalue weighted by Crippen LogP contribution is 2.14. The predicted octanol–water partition coefficient (Wildman–Crippen LogP) is 2.59. The lowest BCUT2D eigenvalue weighted by molar-refractivity contribution is 0.639. The molecule has 1 N–H and O–H groups in total. The zero-order chi connectivity index (χ0) is 13.8. The fraction of sp³-hybridized carbons (Fsp3) is 0.250. The number of imidazole rings is 1. The van der Waals surface area contributed by atoms with Gasteiger partial charge in [0.2, 0.25) is 0 Å². The monoisotopic (exact) mass is 266 g/mol. The van der Waals surface area contributed by atoms with Crippen molar-refractivity contribution >= 4 is 10.9 Å². The van der Waals surface area contributed by atoms with E-state index >= 15 is 0 Å². The number of hydrogen-bond donors (Lipinski definition) is 1. The van der Waals surface area contributed by atoms with E-state index in [9.17, 15) is 0 Å². The van der Waals surface area contributed by atoms with Crippen LogP contribution in [0.4, 0.5) is 0 Å². The van der Waals surface area contributed by atoms with Crippen molar-refractivity contribution in [1.82, 2.24) is 19.9 Å². The van der Waals surface area contributed by atoms with Crippen LogP contribution >= 0.6 is 0 Å². The lowest BCUT2D eigenvalue weighted by Crippen LogP contribution is -2.16. The molecule has 0 radical (unpaired) electrons. The topological polar surface area (TPSA) is 42.7 Å². The van der Waals surface area contributed by atoms with Crippen LogP contribution in [-0.4, -0.2) is 21.1 Å². The summed E-state index contributed by atoms with van der Waals surface area (Å²) in [5.41, 5.74) is 2.30. The lowest BCUT2D eigenvalue weighted by Gasteiger charge is -2.09. The van der Waals surface area contributed by atoms with E-state index in [0.717, 1.165) is 31.0 Å². The number of nitrogens with zero attached hydrogens (tertiary/aromatic N) is 3. The first kappa shape index (κ1) is 12.8. The highest BCUT2D eigenvalue weighted by atomic mass is 15.1. The van der Waals surface area contributed by atoms with Gasteiger partial charge in [0.05, 0.1) is 12.1 Å². The van der Waals surface area contributed by atoms with Gasteiger partial charge in [0.25, 0.3) is 0 Å². The van der Waals surface area contributed by atoms with Crippen molar-refractivity contribution in [2.45, 2.75) is 20.0 Å². The first-order valence-electron chi connectivity index (χ1n) is 6.91. The van der Waals surface area contributed by atoms with Gasteiger partial charge in [-0.2, -0.15) is 0 Å². The summed E-state index contributed by atoms with van der Waals surface area (Å²) in [7, 11) is 0. The van der Waals surface area contributed by atoms with Crippen LogP contribution in [0, 0.1) is 0 Å². The van der Waals surface area contributed by atoms with Gasteiger partial charge >= 0.3 is 0 Å². The van der Waals surface area contributed by atoms with Gasteiger partial charge in [0, 0.05) is 30.5 Å². The second-order valence-corrected chi connectivity index (χ2v) is 4.78. The molecule has 3 aromatic rings. The number of pyridine rings is 1. The number of hydrogen-bond acceptors (Lipinski definition) is 3. The van der Waals surface area contributed by atoms with E-state index in [2.05, 4.69) is 51.0 Å². The fourth-order valence-corrected chi connectivity index (χ4v) is 2.31. The van der Waals surface area contributed by atoms with E-state index in [1.54, 1.807) is 0 Å². The minimum Gasteiger partial charge on any atom is -0.329 e. The first-order chi connectivity index (χ1) is 9.86. The summed E-state index contributed by atoms with van der Waals surface area (Å²) in [6.45, 7) is 4.70. The molecule has 2 aromatic heterocycles. The predicted molar refractivity (Wildman–Crippen MR) is 80.5 cm³/mol. The Morgan fingerprint density at radius 2 is 2.10 bits per heavy atom. The summed E-state index contributed by atoms with van der Waals surface area (Å²) in [4.78, 5) is 8.75. The van der Waals surface area contributed by atoms with Crippen molar-refractivity contribution in [3.05, 3.63) is 60.3 Å². The Balaban J connectivity index is 1.84. The zero-order valence-corrected chi connectivity index (χ0v) is 11.6. The molecular formula is C16H18N4. The van der Waals surface area contributed by atoms with Crippen LogP contribution in [0.1, 0.15) is 18.3 Å². The van der Waals surface area contributed by atoms with E-state index in [0.29, 0.717) is 0 Å².